The molecule has 59 heavy (non-hydrogen) atoms. The van der Waals surface area contributed by atoms with E-state index in [1.807, 2.05) is 18.2 Å². The number of rotatable bonds is 8. The number of hydrogen-bond donors (Lipinski definition) is 2. The minimum absolute atomic E-state index is 0.0893. The van der Waals surface area contributed by atoms with Gasteiger partial charge in [0.05, 0.1) is 26.9 Å². The molecule has 0 aliphatic carbocycles. The van der Waals surface area contributed by atoms with Crippen molar-refractivity contribution in [2.24, 2.45) is 5.92 Å². The van der Waals surface area contributed by atoms with E-state index >= 15 is 0 Å². The molecule has 3 fully saturated rings. The minimum atomic E-state index is -0.974. The van der Waals surface area contributed by atoms with Crippen molar-refractivity contribution in [2.75, 3.05) is 42.9 Å². The molecule has 0 saturated carbocycles. The molecule has 0 radical (unpaired) electrons. The number of hydrogen-bond acceptors (Lipinski definition) is 11. The van der Waals surface area contributed by atoms with Crippen LogP contribution in [0.3, 0.4) is 0 Å². The number of benzene rings is 3. The van der Waals surface area contributed by atoms with Gasteiger partial charge in [0.2, 0.25) is 23.5 Å². The second-order valence-electron chi connectivity index (χ2n) is 15.5. The van der Waals surface area contributed by atoms with Crippen LogP contribution in [0.25, 0.3) is 22.5 Å². The van der Waals surface area contributed by atoms with Crippen LogP contribution in [0.15, 0.2) is 84.0 Å². The summed E-state index contributed by atoms with van der Waals surface area (Å²) in [6, 6.07) is 17.7. The van der Waals surface area contributed by atoms with E-state index in [-0.39, 0.29) is 23.8 Å². The molecule has 3 saturated heterocycles. The lowest BCUT2D eigenvalue weighted by atomic mass is 9.88. The van der Waals surface area contributed by atoms with E-state index in [0.29, 0.717) is 56.1 Å². The zero-order valence-corrected chi connectivity index (χ0v) is 33.0. The molecule has 4 aliphatic heterocycles. The number of imide groups is 2. The predicted octanol–water partition coefficient (Wildman–Crippen LogP) is 5.20. The summed E-state index contributed by atoms with van der Waals surface area (Å²) in [5.74, 6) is -0.382. The number of likely N-dealkylation sites (tertiary alicyclic amines) is 1. The second-order valence-corrected chi connectivity index (χ2v) is 16.3. The number of carbonyl (C=O) groups excluding carboxylic acids is 4. The Morgan fingerprint density at radius 3 is 2.34 bits per heavy atom. The summed E-state index contributed by atoms with van der Waals surface area (Å²) in [4.78, 5) is 83.5. The second kappa shape index (κ2) is 14.6. The Hall–Kier alpha value is -6.16. The molecule has 15 nitrogen and oxygen atoms in total. The average molecular weight is 832 g/mol. The van der Waals surface area contributed by atoms with E-state index in [9.17, 15) is 24.0 Å². The fourth-order valence-electron chi connectivity index (χ4n) is 8.84. The first-order valence-corrected chi connectivity index (χ1v) is 20.3. The number of nitrogens with zero attached hydrogens (tertiary/aromatic N) is 8. The molecule has 7 heterocycles. The predicted molar refractivity (Wildman–Crippen MR) is 221 cm³/mol. The number of amides is 4. The molecular formula is C42H36Cl2N10O5. The number of anilines is 3. The number of halogens is 2. The number of aromatic nitrogens is 5. The van der Waals surface area contributed by atoms with Gasteiger partial charge in [-0.15, -0.1) is 0 Å². The van der Waals surface area contributed by atoms with Gasteiger partial charge in [-0.2, -0.15) is 4.98 Å². The molecule has 17 heteroatoms. The van der Waals surface area contributed by atoms with Gasteiger partial charge < -0.3 is 15.1 Å². The Morgan fingerprint density at radius 2 is 1.59 bits per heavy atom. The fraction of sp³-hybridized carbons (Fsp3) is 0.286. The summed E-state index contributed by atoms with van der Waals surface area (Å²) in [6.45, 7) is 4.72. The molecule has 0 spiro atoms. The number of carbonyl (C=O) groups is 4. The highest BCUT2D eigenvalue weighted by molar-refractivity contribution is 6.37. The van der Waals surface area contributed by atoms with Crippen LogP contribution >= 0.6 is 23.2 Å². The summed E-state index contributed by atoms with van der Waals surface area (Å²) in [6.07, 6.45) is 7.14. The Kier molecular flexibility index (Phi) is 9.18. The van der Waals surface area contributed by atoms with E-state index in [0.717, 1.165) is 61.8 Å². The summed E-state index contributed by atoms with van der Waals surface area (Å²) in [5.41, 5.74) is 3.94. The average Bonchev–Trinajstić information content (AvgIpc) is 3.80. The fourth-order valence-corrected chi connectivity index (χ4v) is 9.41. The standard InChI is InChI=1S/C42H36Cl2N10O5/c43-31-2-1-3-32(44)35(31)54-40(59)30-19-46-41(49-36(30)52-17-14-45-42(52)54)47-26-6-4-24(5-7-26)25-12-15-50(16-13-25)20-23-21-51(22-23)27-8-9-28-29(18-27)39(58)53(38(28)57)33-10-11-34(55)48-37(33)56/h1-9,14,17-19,23,25,33H,10-13,15-16,20-22H2,(H,46,47,49)(H,48,55,56). The van der Waals surface area contributed by atoms with Crippen LogP contribution in [-0.2, 0) is 9.59 Å². The van der Waals surface area contributed by atoms with Crippen LogP contribution in [0.1, 0.15) is 57.9 Å². The molecule has 2 N–H and O–H groups in total. The van der Waals surface area contributed by atoms with Gasteiger partial charge in [-0.1, -0.05) is 41.4 Å². The third kappa shape index (κ3) is 6.49. The normalized spacial score (nSPS) is 19.1. The van der Waals surface area contributed by atoms with Crippen molar-refractivity contribution >= 4 is 81.0 Å². The first kappa shape index (κ1) is 37.1. The van der Waals surface area contributed by atoms with Crippen molar-refractivity contribution in [2.45, 2.75) is 37.6 Å². The lowest BCUT2D eigenvalue weighted by Gasteiger charge is -2.44. The van der Waals surface area contributed by atoms with Crippen molar-refractivity contribution in [3.8, 4) is 5.69 Å². The molecule has 6 aromatic rings. The molecule has 298 valence electrons. The van der Waals surface area contributed by atoms with E-state index in [1.165, 1.54) is 16.3 Å². The highest BCUT2D eigenvalue weighted by Crippen LogP contribution is 2.35. The van der Waals surface area contributed by atoms with E-state index in [4.69, 9.17) is 28.2 Å². The Balaban J connectivity index is 0.737. The first-order valence-electron chi connectivity index (χ1n) is 19.5. The SMILES string of the molecule is O=C1CCC(N2C(=O)c3ccc(N4CC(CN5CCC(c6ccc(Nc7ncc8c(=O)n(-c9c(Cl)cccc9Cl)c9nccn9c8n7)cc6)CC5)C4)cc3C2=O)C(=O)N1. The van der Waals surface area contributed by atoms with Crippen LogP contribution in [0.4, 0.5) is 17.3 Å². The minimum Gasteiger partial charge on any atom is -0.371 e. The third-order valence-electron chi connectivity index (χ3n) is 11.9. The van der Waals surface area contributed by atoms with Gasteiger partial charge in [0.15, 0.2) is 5.65 Å². The summed E-state index contributed by atoms with van der Waals surface area (Å²) in [7, 11) is 0. The highest BCUT2D eigenvalue weighted by Gasteiger charge is 2.45. The summed E-state index contributed by atoms with van der Waals surface area (Å²) < 4.78 is 3.09. The quantitative estimate of drug-likeness (QED) is 0.194. The summed E-state index contributed by atoms with van der Waals surface area (Å²) in [5, 5.41) is 6.44. The Labute approximate surface area is 346 Å². The molecule has 4 aliphatic rings. The van der Waals surface area contributed by atoms with Crippen molar-refractivity contribution < 1.29 is 19.2 Å². The Morgan fingerprint density at radius 1 is 0.847 bits per heavy atom. The molecule has 1 atom stereocenters. The molecule has 4 amide bonds. The number of fused-ring (bicyclic) bond motifs is 4. The molecule has 3 aromatic carbocycles. The van der Waals surface area contributed by atoms with Gasteiger partial charge in [-0.25, -0.2) is 14.5 Å². The van der Waals surface area contributed by atoms with Crippen molar-refractivity contribution in [1.29, 1.82) is 0 Å². The van der Waals surface area contributed by atoms with E-state index in [1.54, 1.807) is 47.1 Å². The number of nitrogens with one attached hydrogen (secondary N) is 2. The lowest BCUT2D eigenvalue weighted by molar-refractivity contribution is -0.136. The van der Waals surface area contributed by atoms with Gasteiger partial charge in [0.1, 0.15) is 11.4 Å². The van der Waals surface area contributed by atoms with Crippen LogP contribution in [-0.4, -0.2) is 96.1 Å². The van der Waals surface area contributed by atoms with Gasteiger partial charge in [0.25, 0.3) is 17.4 Å². The van der Waals surface area contributed by atoms with Crippen LogP contribution < -0.4 is 21.1 Å². The maximum atomic E-state index is 13.7. The van der Waals surface area contributed by atoms with Crippen LogP contribution in [0.2, 0.25) is 10.0 Å². The molecule has 3 aromatic heterocycles. The number of para-hydroxylation sites is 1. The Bertz CT molecular complexity index is 2770. The topological polar surface area (TPSA) is 167 Å². The van der Waals surface area contributed by atoms with E-state index < -0.39 is 29.7 Å². The van der Waals surface area contributed by atoms with Gasteiger partial charge in [0, 0.05) is 61.9 Å². The van der Waals surface area contributed by atoms with Crippen molar-refractivity contribution in [3.05, 3.63) is 116 Å². The summed E-state index contributed by atoms with van der Waals surface area (Å²) >= 11 is 12.9. The molecule has 1 unspecified atom stereocenters. The van der Waals surface area contributed by atoms with Crippen molar-refractivity contribution in [1.82, 2.24) is 39.0 Å². The zero-order valence-electron chi connectivity index (χ0n) is 31.5. The van der Waals surface area contributed by atoms with Gasteiger partial charge >= 0.3 is 0 Å². The number of piperidine rings is 2. The maximum absolute atomic E-state index is 13.7. The van der Waals surface area contributed by atoms with Crippen molar-refractivity contribution in [3.63, 3.8) is 0 Å². The van der Waals surface area contributed by atoms with Crippen LogP contribution in [0, 0.1) is 5.92 Å². The zero-order chi connectivity index (χ0) is 40.5. The number of imidazole rings is 1. The maximum Gasteiger partial charge on any atom is 0.270 e. The third-order valence-corrected chi connectivity index (χ3v) is 12.5. The first-order chi connectivity index (χ1) is 28.6. The molecular weight excluding hydrogens is 795 g/mol. The van der Waals surface area contributed by atoms with Gasteiger partial charge in [-0.3, -0.25) is 38.6 Å². The largest absolute Gasteiger partial charge is 0.371 e. The molecule has 0 bridgehead atoms. The van der Waals surface area contributed by atoms with E-state index in [2.05, 4.69) is 42.5 Å². The van der Waals surface area contributed by atoms with Crippen LogP contribution in [0.5, 0.6) is 0 Å². The lowest BCUT2D eigenvalue weighted by Crippen LogP contribution is -2.54. The highest BCUT2D eigenvalue weighted by atomic mass is 35.5. The molecule has 10 rings (SSSR count). The smallest absolute Gasteiger partial charge is 0.270 e. The monoisotopic (exact) mass is 830 g/mol. The van der Waals surface area contributed by atoms with Gasteiger partial charge in [-0.05, 0) is 86.3 Å².